The summed E-state index contributed by atoms with van der Waals surface area (Å²) in [6.07, 6.45) is 2.11. The number of nitrogens with zero attached hydrogens (tertiary/aromatic N) is 4. The third-order valence-corrected chi connectivity index (χ3v) is 7.69. The van der Waals surface area contributed by atoms with Crippen LogP contribution in [0.2, 0.25) is 5.02 Å². The Morgan fingerprint density at radius 1 is 1.05 bits per heavy atom. The number of aromatic nitrogens is 2. The van der Waals surface area contributed by atoms with Gasteiger partial charge < -0.3 is 25.0 Å². The summed E-state index contributed by atoms with van der Waals surface area (Å²) in [5, 5.41) is 14.3. The average Bonchev–Trinajstić information content (AvgIpc) is 3.26. The minimum Gasteiger partial charge on any atom is -0.507 e. The monoisotopic (exact) mass is 551 g/mol. The molecule has 4 aromatic rings. The molecule has 6 rings (SSSR count). The number of halogens is 3. The molecule has 0 amide bonds. The van der Waals surface area contributed by atoms with Gasteiger partial charge in [-0.15, -0.1) is 0 Å². The van der Waals surface area contributed by atoms with E-state index in [1.807, 2.05) is 43.3 Å². The van der Waals surface area contributed by atoms with Crippen molar-refractivity contribution in [1.82, 2.24) is 15.3 Å². The number of benzene rings is 3. The van der Waals surface area contributed by atoms with Gasteiger partial charge in [0.15, 0.2) is 5.82 Å². The van der Waals surface area contributed by atoms with Crippen molar-refractivity contribution in [1.29, 1.82) is 0 Å². The van der Waals surface area contributed by atoms with Gasteiger partial charge in [0.25, 0.3) is 0 Å². The lowest BCUT2D eigenvalue weighted by molar-refractivity contribution is 0.281. The van der Waals surface area contributed by atoms with Gasteiger partial charge in [0.05, 0.1) is 10.6 Å². The Morgan fingerprint density at radius 3 is 2.51 bits per heavy atom. The van der Waals surface area contributed by atoms with Crippen LogP contribution in [-0.2, 0) is 6.61 Å². The predicted molar refractivity (Wildman–Crippen MR) is 149 cm³/mol. The molecular weight excluding hydrogens is 524 g/mol. The summed E-state index contributed by atoms with van der Waals surface area (Å²) in [5.41, 5.74) is 1.30. The van der Waals surface area contributed by atoms with Crippen LogP contribution in [0.1, 0.15) is 18.4 Å². The summed E-state index contributed by atoms with van der Waals surface area (Å²) in [5.74, 6) is -1.54. The highest BCUT2D eigenvalue weighted by Gasteiger charge is 2.34. The van der Waals surface area contributed by atoms with E-state index >= 15 is 4.39 Å². The van der Waals surface area contributed by atoms with Gasteiger partial charge in [-0.1, -0.05) is 29.8 Å². The normalized spacial score (nSPS) is 18.5. The highest BCUT2D eigenvalue weighted by Crippen LogP contribution is 2.43. The second-order valence-corrected chi connectivity index (χ2v) is 10.7. The summed E-state index contributed by atoms with van der Waals surface area (Å²) in [6, 6.07) is 13.8. The Balaban J connectivity index is 1.47. The van der Waals surface area contributed by atoms with Crippen molar-refractivity contribution in [2.45, 2.75) is 31.5 Å². The van der Waals surface area contributed by atoms with Gasteiger partial charge in [-0.25, -0.2) is 8.78 Å². The van der Waals surface area contributed by atoms with Crippen LogP contribution >= 0.6 is 11.6 Å². The first-order valence-corrected chi connectivity index (χ1v) is 13.2. The van der Waals surface area contributed by atoms with Crippen LogP contribution < -0.4 is 19.9 Å². The fourth-order valence-electron chi connectivity index (χ4n) is 5.50. The van der Waals surface area contributed by atoms with E-state index in [-0.39, 0.29) is 34.3 Å². The Hall–Kier alpha value is -3.69. The largest absolute Gasteiger partial charge is 0.507 e. The maximum absolute atomic E-state index is 16.2. The van der Waals surface area contributed by atoms with Crippen molar-refractivity contribution >= 4 is 34.0 Å². The fraction of sp³-hybridized carbons (Fsp3) is 0.310. The number of phenolic OH excluding ortho intramolecular Hbond substituents is 1. The van der Waals surface area contributed by atoms with Gasteiger partial charge in [-0.3, -0.25) is 0 Å². The maximum atomic E-state index is 16.2. The number of aromatic hydroxyl groups is 1. The van der Waals surface area contributed by atoms with Gasteiger partial charge >= 0.3 is 6.01 Å². The van der Waals surface area contributed by atoms with Crippen LogP contribution in [0.3, 0.4) is 0 Å². The van der Waals surface area contributed by atoms with E-state index in [4.69, 9.17) is 21.3 Å². The highest BCUT2D eigenvalue weighted by atomic mass is 35.5. The van der Waals surface area contributed by atoms with Crippen molar-refractivity contribution in [3.05, 3.63) is 70.8 Å². The van der Waals surface area contributed by atoms with E-state index in [9.17, 15) is 9.50 Å². The van der Waals surface area contributed by atoms with Crippen molar-refractivity contribution in [2.24, 2.45) is 0 Å². The summed E-state index contributed by atoms with van der Waals surface area (Å²) >= 11 is 6.55. The number of phenols is 1. The number of ether oxygens (including phenoxy) is 1. The Labute approximate surface area is 230 Å². The smallest absolute Gasteiger partial charge is 0.319 e. The number of hydrogen-bond donors (Lipinski definition) is 2. The molecule has 2 bridgehead atoms. The minimum atomic E-state index is -0.848. The number of fused-ring (bicyclic) bond motifs is 3. The number of piperazine rings is 1. The Bertz CT molecular complexity index is 1530. The Kier molecular flexibility index (Phi) is 6.64. The SMILES string of the molecule is CN(C)c1cccc(COc2nc(N3C[C@H]4CC[C@@H](C3)N4)c3cc(Cl)c(-c4c(O)cccc4F)c(F)c3n2)c1. The molecule has 0 unspecified atom stereocenters. The van der Waals surface area contributed by atoms with Crippen molar-refractivity contribution in [3.63, 3.8) is 0 Å². The van der Waals surface area contributed by atoms with Crippen LogP contribution in [0, 0.1) is 11.6 Å². The van der Waals surface area contributed by atoms with Crippen LogP contribution in [0.4, 0.5) is 20.3 Å². The molecule has 0 radical (unpaired) electrons. The molecule has 2 aliphatic rings. The van der Waals surface area contributed by atoms with E-state index in [1.54, 1.807) is 6.07 Å². The molecule has 0 aliphatic carbocycles. The van der Waals surface area contributed by atoms with Crippen LogP contribution in [0.15, 0.2) is 48.5 Å². The average molecular weight is 552 g/mol. The van der Waals surface area contributed by atoms with Gasteiger partial charge in [0.2, 0.25) is 0 Å². The number of anilines is 2. The van der Waals surface area contributed by atoms with Crippen molar-refractivity contribution < 1.29 is 18.6 Å². The fourth-order valence-corrected chi connectivity index (χ4v) is 5.78. The molecule has 10 heteroatoms. The molecule has 2 saturated heterocycles. The lowest BCUT2D eigenvalue weighted by Crippen LogP contribution is -2.51. The summed E-state index contributed by atoms with van der Waals surface area (Å²) in [6.45, 7) is 1.57. The van der Waals surface area contributed by atoms with Crippen molar-refractivity contribution in [3.8, 4) is 22.9 Å². The zero-order chi connectivity index (χ0) is 27.3. The molecule has 3 heterocycles. The molecule has 0 saturated carbocycles. The van der Waals surface area contributed by atoms with Gasteiger partial charge in [-0.2, -0.15) is 9.97 Å². The zero-order valence-electron chi connectivity index (χ0n) is 21.6. The molecule has 0 spiro atoms. The lowest BCUT2D eigenvalue weighted by Gasteiger charge is -2.34. The summed E-state index contributed by atoms with van der Waals surface area (Å²) in [7, 11) is 3.91. The lowest BCUT2D eigenvalue weighted by atomic mass is 10.0. The molecule has 2 N–H and O–H groups in total. The van der Waals surface area contributed by atoms with Crippen molar-refractivity contribution in [2.75, 3.05) is 37.0 Å². The molecule has 202 valence electrons. The van der Waals surface area contributed by atoms with Crippen LogP contribution in [0.25, 0.3) is 22.0 Å². The standard InChI is InChI=1S/C29H28ClF2N5O2/c1-36(2)19-6-3-5-16(11-19)15-39-29-34-27-20(28(35-29)37-13-17-9-10-18(14-37)33-17)12-21(30)24(26(27)32)25-22(31)7-4-8-23(25)38/h3-8,11-12,17-18,33,38H,9-10,13-15H2,1-2H3/t17-,18+. The van der Waals surface area contributed by atoms with Crippen LogP contribution in [0.5, 0.6) is 11.8 Å². The molecule has 2 aliphatic heterocycles. The number of hydrogen-bond acceptors (Lipinski definition) is 7. The summed E-state index contributed by atoms with van der Waals surface area (Å²) < 4.78 is 37.0. The third-order valence-electron chi connectivity index (χ3n) is 7.39. The summed E-state index contributed by atoms with van der Waals surface area (Å²) in [4.78, 5) is 13.2. The highest BCUT2D eigenvalue weighted by molar-refractivity contribution is 6.34. The molecular formula is C29H28ClF2N5O2. The number of rotatable bonds is 6. The van der Waals surface area contributed by atoms with E-state index in [0.717, 1.165) is 30.2 Å². The molecule has 2 fully saturated rings. The van der Waals surface area contributed by atoms with Crippen LogP contribution in [-0.4, -0.2) is 54.3 Å². The first-order chi connectivity index (χ1) is 18.8. The van der Waals surface area contributed by atoms with E-state index in [2.05, 4.69) is 15.2 Å². The van der Waals surface area contributed by atoms with E-state index in [1.165, 1.54) is 12.1 Å². The second kappa shape index (κ2) is 10.1. The molecule has 2 atom stereocenters. The molecule has 1 aromatic heterocycles. The van der Waals surface area contributed by atoms with Gasteiger partial charge in [0, 0.05) is 55.9 Å². The second-order valence-electron chi connectivity index (χ2n) is 10.3. The Morgan fingerprint density at radius 2 is 1.79 bits per heavy atom. The minimum absolute atomic E-state index is 0.00330. The van der Waals surface area contributed by atoms with Gasteiger partial charge in [0.1, 0.15) is 29.5 Å². The third kappa shape index (κ3) is 4.81. The quantitative estimate of drug-likeness (QED) is 0.327. The number of nitrogens with one attached hydrogen (secondary N) is 1. The predicted octanol–water partition coefficient (Wildman–Crippen LogP) is 5.52. The van der Waals surface area contributed by atoms with E-state index < -0.39 is 17.4 Å². The first kappa shape index (κ1) is 25.6. The first-order valence-electron chi connectivity index (χ1n) is 12.9. The topological polar surface area (TPSA) is 73.8 Å². The zero-order valence-corrected chi connectivity index (χ0v) is 22.3. The van der Waals surface area contributed by atoms with Gasteiger partial charge in [-0.05, 0) is 48.7 Å². The maximum Gasteiger partial charge on any atom is 0.319 e. The molecule has 3 aromatic carbocycles. The molecule has 7 nitrogen and oxygen atoms in total. The molecule has 39 heavy (non-hydrogen) atoms. The van der Waals surface area contributed by atoms with E-state index in [0.29, 0.717) is 36.4 Å².